The molecule has 1 atom stereocenters. The lowest BCUT2D eigenvalue weighted by atomic mass is 10.0. The molecule has 7 heteroatoms. The van der Waals surface area contributed by atoms with Crippen LogP contribution in [0.5, 0.6) is 0 Å². The molecule has 0 aliphatic heterocycles. The second-order valence-corrected chi connectivity index (χ2v) is 9.08. The minimum atomic E-state index is -3.17. The van der Waals surface area contributed by atoms with Crippen LogP contribution in [0.25, 0.3) is 0 Å². The minimum Gasteiger partial charge on any atom is -0.340 e. The summed E-state index contributed by atoms with van der Waals surface area (Å²) in [6.45, 7) is 6.50. The van der Waals surface area contributed by atoms with Crippen molar-refractivity contribution < 1.29 is 12.9 Å². The number of aryl methyl sites for hydroxylation is 1. The van der Waals surface area contributed by atoms with E-state index in [4.69, 9.17) is 4.52 Å². The molecule has 0 radical (unpaired) electrons. The standard InChI is InChI=1S/C17H33N3O3S/c1-5-6-7-8-9-10-11-12-13-18-17(3,14-24(4,21)22)16-19-15(2)23-20-16/h18H,5-14H2,1-4H3. The highest BCUT2D eigenvalue weighted by Crippen LogP contribution is 2.20. The molecule has 0 spiro atoms. The van der Waals surface area contributed by atoms with Gasteiger partial charge in [0.25, 0.3) is 0 Å². The molecule has 1 rings (SSSR count). The third kappa shape index (κ3) is 8.24. The second kappa shape index (κ2) is 10.1. The van der Waals surface area contributed by atoms with Crippen LogP contribution in [-0.4, -0.2) is 37.1 Å². The lowest BCUT2D eigenvalue weighted by Gasteiger charge is -2.26. The summed E-state index contributed by atoms with van der Waals surface area (Å²) in [7, 11) is -3.17. The first-order chi connectivity index (χ1) is 11.3. The predicted octanol–water partition coefficient (Wildman–Crippen LogP) is 3.37. The van der Waals surface area contributed by atoms with Crippen molar-refractivity contribution in [3.05, 3.63) is 11.7 Å². The van der Waals surface area contributed by atoms with Gasteiger partial charge in [-0.25, -0.2) is 8.42 Å². The summed E-state index contributed by atoms with van der Waals surface area (Å²) in [5, 5.41) is 7.25. The van der Waals surface area contributed by atoms with Crippen LogP contribution in [0.4, 0.5) is 0 Å². The summed E-state index contributed by atoms with van der Waals surface area (Å²) >= 11 is 0. The molecule has 0 fully saturated rings. The molecule has 24 heavy (non-hydrogen) atoms. The number of nitrogens with zero attached hydrogens (tertiary/aromatic N) is 2. The Morgan fingerprint density at radius 1 is 1.08 bits per heavy atom. The average Bonchev–Trinajstić information content (AvgIpc) is 2.91. The molecule has 6 nitrogen and oxygen atoms in total. The van der Waals surface area contributed by atoms with Gasteiger partial charge in [0.15, 0.2) is 5.82 Å². The maximum absolute atomic E-state index is 11.8. The number of rotatable bonds is 13. The Labute approximate surface area is 146 Å². The van der Waals surface area contributed by atoms with Crippen molar-refractivity contribution in [2.45, 2.75) is 77.7 Å². The molecule has 0 aromatic carbocycles. The number of sulfone groups is 1. The van der Waals surface area contributed by atoms with Gasteiger partial charge in [0.1, 0.15) is 9.84 Å². The van der Waals surface area contributed by atoms with E-state index in [0.717, 1.165) is 19.4 Å². The Morgan fingerprint density at radius 3 is 2.17 bits per heavy atom. The van der Waals surface area contributed by atoms with Crippen LogP contribution in [-0.2, 0) is 15.4 Å². The molecule has 0 saturated carbocycles. The smallest absolute Gasteiger partial charge is 0.223 e. The van der Waals surface area contributed by atoms with Gasteiger partial charge in [-0.2, -0.15) is 4.98 Å². The molecular formula is C17H33N3O3S. The van der Waals surface area contributed by atoms with E-state index < -0.39 is 15.4 Å². The predicted molar refractivity (Wildman–Crippen MR) is 96.7 cm³/mol. The lowest BCUT2D eigenvalue weighted by molar-refractivity contribution is 0.337. The largest absolute Gasteiger partial charge is 0.340 e. The van der Waals surface area contributed by atoms with E-state index in [0.29, 0.717) is 11.7 Å². The number of aromatic nitrogens is 2. The van der Waals surface area contributed by atoms with Crippen molar-refractivity contribution in [1.29, 1.82) is 0 Å². The third-order valence-corrected chi connectivity index (χ3v) is 5.22. The Hall–Kier alpha value is -0.950. The maximum Gasteiger partial charge on any atom is 0.223 e. The zero-order chi connectivity index (χ0) is 18.1. The molecule has 1 heterocycles. The van der Waals surface area contributed by atoms with Gasteiger partial charge in [0, 0.05) is 13.2 Å². The van der Waals surface area contributed by atoms with Crippen LogP contribution in [0.3, 0.4) is 0 Å². The van der Waals surface area contributed by atoms with Crippen LogP contribution >= 0.6 is 0 Å². The Morgan fingerprint density at radius 2 is 1.67 bits per heavy atom. The average molecular weight is 360 g/mol. The fraction of sp³-hybridized carbons (Fsp3) is 0.882. The first kappa shape index (κ1) is 21.1. The minimum absolute atomic E-state index is 0.0456. The molecule has 0 amide bonds. The fourth-order valence-electron chi connectivity index (χ4n) is 2.87. The number of unbranched alkanes of at least 4 members (excludes halogenated alkanes) is 7. The lowest BCUT2D eigenvalue weighted by Crippen LogP contribution is -2.46. The van der Waals surface area contributed by atoms with E-state index in [2.05, 4.69) is 22.4 Å². The molecule has 1 aromatic rings. The van der Waals surface area contributed by atoms with Crippen LogP contribution in [0.2, 0.25) is 0 Å². The summed E-state index contributed by atoms with van der Waals surface area (Å²) in [5.41, 5.74) is -0.813. The van der Waals surface area contributed by atoms with Crippen LogP contribution < -0.4 is 5.32 Å². The number of nitrogens with one attached hydrogen (secondary N) is 1. The summed E-state index contributed by atoms with van der Waals surface area (Å²) in [6.07, 6.45) is 11.2. The molecule has 1 N–H and O–H groups in total. The van der Waals surface area contributed by atoms with Crippen molar-refractivity contribution >= 4 is 9.84 Å². The maximum atomic E-state index is 11.8. The van der Waals surface area contributed by atoms with E-state index in [9.17, 15) is 8.42 Å². The van der Waals surface area contributed by atoms with Gasteiger partial charge in [-0.05, 0) is 19.9 Å². The van der Waals surface area contributed by atoms with Gasteiger partial charge in [-0.3, -0.25) is 0 Å². The SMILES string of the molecule is CCCCCCCCCCNC(C)(CS(C)(=O)=O)c1noc(C)n1. The summed E-state index contributed by atoms with van der Waals surface area (Å²) in [6, 6.07) is 0. The molecule has 0 saturated heterocycles. The highest BCUT2D eigenvalue weighted by molar-refractivity contribution is 7.90. The van der Waals surface area contributed by atoms with Crippen LogP contribution in [0, 0.1) is 6.92 Å². The highest BCUT2D eigenvalue weighted by atomic mass is 32.2. The molecular weight excluding hydrogens is 326 g/mol. The molecule has 0 aliphatic rings. The number of hydrogen-bond donors (Lipinski definition) is 1. The van der Waals surface area contributed by atoms with Gasteiger partial charge in [0.2, 0.25) is 5.89 Å². The van der Waals surface area contributed by atoms with E-state index in [1.54, 1.807) is 6.92 Å². The van der Waals surface area contributed by atoms with E-state index in [1.165, 1.54) is 44.8 Å². The van der Waals surface area contributed by atoms with Gasteiger partial charge in [0.05, 0.1) is 11.3 Å². The van der Waals surface area contributed by atoms with E-state index in [-0.39, 0.29) is 5.75 Å². The first-order valence-electron chi connectivity index (χ1n) is 9.00. The normalized spacial score (nSPS) is 14.7. The molecule has 0 aliphatic carbocycles. The molecule has 0 bridgehead atoms. The monoisotopic (exact) mass is 359 g/mol. The van der Waals surface area contributed by atoms with Crippen LogP contribution in [0.1, 0.15) is 76.9 Å². The quantitative estimate of drug-likeness (QED) is 0.544. The summed E-state index contributed by atoms with van der Waals surface area (Å²) < 4.78 is 28.5. The molecule has 1 unspecified atom stereocenters. The van der Waals surface area contributed by atoms with E-state index in [1.807, 2.05) is 6.92 Å². The Kier molecular flexibility index (Phi) is 8.91. The Balaban J connectivity index is 2.41. The zero-order valence-corrected chi connectivity index (χ0v) is 16.4. The van der Waals surface area contributed by atoms with Gasteiger partial charge < -0.3 is 9.84 Å². The first-order valence-corrected chi connectivity index (χ1v) is 11.1. The number of hydrogen-bond acceptors (Lipinski definition) is 6. The van der Waals surface area contributed by atoms with Crippen molar-refractivity contribution in [2.24, 2.45) is 0 Å². The van der Waals surface area contributed by atoms with Gasteiger partial charge in [-0.1, -0.05) is 57.0 Å². The van der Waals surface area contributed by atoms with Gasteiger partial charge in [-0.15, -0.1) is 0 Å². The zero-order valence-electron chi connectivity index (χ0n) is 15.6. The molecule has 1 aromatic heterocycles. The second-order valence-electron chi connectivity index (χ2n) is 6.94. The fourth-order valence-corrected chi connectivity index (χ4v) is 4.15. The Bertz CT molecular complexity index is 571. The van der Waals surface area contributed by atoms with E-state index >= 15 is 0 Å². The van der Waals surface area contributed by atoms with Crippen molar-refractivity contribution in [2.75, 3.05) is 18.6 Å². The van der Waals surface area contributed by atoms with Crippen LogP contribution in [0.15, 0.2) is 4.52 Å². The highest BCUT2D eigenvalue weighted by Gasteiger charge is 2.34. The van der Waals surface area contributed by atoms with Crippen molar-refractivity contribution in [3.8, 4) is 0 Å². The van der Waals surface area contributed by atoms with Crippen molar-refractivity contribution in [3.63, 3.8) is 0 Å². The third-order valence-electron chi connectivity index (χ3n) is 4.12. The topological polar surface area (TPSA) is 85.1 Å². The summed E-state index contributed by atoms with van der Waals surface area (Å²) in [4.78, 5) is 4.22. The van der Waals surface area contributed by atoms with Gasteiger partial charge >= 0.3 is 0 Å². The molecule has 140 valence electrons. The van der Waals surface area contributed by atoms with Crippen molar-refractivity contribution in [1.82, 2.24) is 15.5 Å². The summed E-state index contributed by atoms with van der Waals surface area (Å²) in [5.74, 6) is 0.805.